The number of pyridine rings is 2. The van der Waals surface area contributed by atoms with Crippen LogP contribution in [-0.2, 0) is 6.54 Å². The number of aryl methyl sites for hydroxylation is 2. The average Bonchev–Trinajstić information content (AvgIpc) is 2.38. The number of nitrogens with one attached hydrogen (secondary N) is 1. The van der Waals surface area contributed by atoms with Gasteiger partial charge in [0, 0.05) is 31.7 Å². The summed E-state index contributed by atoms with van der Waals surface area (Å²) in [5.41, 5.74) is 10.1. The van der Waals surface area contributed by atoms with Crippen molar-refractivity contribution in [3.8, 4) is 0 Å². The first-order valence-corrected chi connectivity index (χ1v) is 6.41. The number of nitrogens with two attached hydrogens (primary N) is 1. The van der Waals surface area contributed by atoms with Crippen LogP contribution in [0.15, 0.2) is 30.6 Å². The lowest BCUT2D eigenvalue weighted by atomic mass is 10.1. The fourth-order valence-corrected chi connectivity index (χ4v) is 2.29. The Kier molecular flexibility index (Phi) is 3.98. The van der Waals surface area contributed by atoms with E-state index in [0.717, 1.165) is 22.6 Å². The van der Waals surface area contributed by atoms with Crippen LogP contribution in [-0.4, -0.2) is 22.9 Å². The van der Waals surface area contributed by atoms with Gasteiger partial charge in [-0.1, -0.05) is 6.07 Å². The molecule has 0 fully saturated rings. The molecule has 3 N–H and O–H groups in total. The molecule has 0 spiro atoms. The summed E-state index contributed by atoms with van der Waals surface area (Å²) >= 11 is 0. The quantitative estimate of drug-likeness (QED) is 0.657. The summed E-state index contributed by atoms with van der Waals surface area (Å²) in [7, 11) is 1.98. The van der Waals surface area contributed by atoms with E-state index in [1.165, 1.54) is 0 Å². The van der Waals surface area contributed by atoms with Crippen molar-refractivity contribution in [2.24, 2.45) is 5.73 Å². The first-order chi connectivity index (χ1) is 9.49. The van der Waals surface area contributed by atoms with Gasteiger partial charge in [0.2, 0.25) is 0 Å². The standard InChI is InChI=1S/C15H19N5/c1-10-7-13(14(15(16)17)11(2)19-10)20(3)9-12-5-4-6-18-8-12/h4-8H,9H2,1-3H3,(H3,16,17). The number of anilines is 1. The summed E-state index contributed by atoms with van der Waals surface area (Å²) in [4.78, 5) is 10.6. The summed E-state index contributed by atoms with van der Waals surface area (Å²) in [5, 5.41) is 7.76. The Morgan fingerprint density at radius 3 is 2.75 bits per heavy atom. The van der Waals surface area contributed by atoms with E-state index in [0.29, 0.717) is 12.1 Å². The molecule has 2 aromatic rings. The Morgan fingerprint density at radius 2 is 2.15 bits per heavy atom. The van der Waals surface area contributed by atoms with Crippen molar-refractivity contribution in [1.82, 2.24) is 9.97 Å². The summed E-state index contributed by atoms with van der Waals surface area (Å²) in [6.07, 6.45) is 3.59. The minimum Gasteiger partial charge on any atom is -0.384 e. The van der Waals surface area contributed by atoms with Gasteiger partial charge in [-0.3, -0.25) is 15.4 Å². The monoisotopic (exact) mass is 269 g/mol. The second-order valence-electron chi connectivity index (χ2n) is 4.87. The first-order valence-electron chi connectivity index (χ1n) is 6.41. The zero-order valence-corrected chi connectivity index (χ0v) is 12.0. The van der Waals surface area contributed by atoms with Gasteiger partial charge in [-0.15, -0.1) is 0 Å². The number of hydrogen-bond donors (Lipinski definition) is 2. The molecule has 2 heterocycles. The molecular formula is C15H19N5. The predicted molar refractivity (Wildman–Crippen MR) is 81.1 cm³/mol. The Balaban J connectivity index is 2.38. The highest BCUT2D eigenvalue weighted by molar-refractivity contribution is 6.01. The van der Waals surface area contributed by atoms with E-state index in [2.05, 4.69) is 14.9 Å². The van der Waals surface area contributed by atoms with Crippen LogP contribution < -0.4 is 10.6 Å². The average molecular weight is 269 g/mol. The summed E-state index contributed by atoms with van der Waals surface area (Å²) in [5.74, 6) is 0.0445. The second kappa shape index (κ2) is 5.69. The number of nitrogen functional groups attached to an aromatic ring is 1. The first kappa shape index (κ1) is 14.0. The van der Waals surface area contributed by atoms with E-state index in [-0.39, 0.29) is 5.84 Å². The summed E-state index contributed by atoms with van der Waals surface area (Å²) < 4.78 is 0. The van der Waals surface area contributed by atoms with Gasteiger partial charge in [-0.25, -0.2) is 0 Å². The minimum atomic E-state index is 0.0445. The van der Waals surface area contributed by atoms with Gasteiger partial charge in [0.15, 0.2) is 0 Å². The summed E-state index contributed by atoms with van der Waals surface area (Å²) in [6.45, 7) is 4.53. The highest BCUT2D eigenvalue weighted by Gasteiger charge is 2.15. The van der Waals surface area contributed by atoms with Gasteiger partial charge in [0.25, 0.3) is 0 Å². The van der Waals surface area contributed by atoms with Gasteiger partial charge in [0.1, 0.15) is 5.84 Å². The van der Waals surface area contributed by atoms with Crippen LogP contribution in [0.5, 0.6) is 0 Å². The van der Waals surface area contributed by atoms with Crippen LogP contribution >= 0.6 is 0 Å². The van der Waals surface area contributed by atoms with E-state index in [9.17, 15) is 0 Å². The third-order valence-corrected chi connectivity index (χ3v) is 3.13. The highest BCUT2D eigenvalue weighted by atomic mass is 15.1. The molecule has 0 atom stereocenters. The molecule has 0 bridgehead atoms. The molecule has 0 radical (unpaired) electrons. The lowest BCUT2D eigenvalue weighted by Crippen LogP contribution is -2.24. The molecular weight excluding hydrogens is 250 g/mol. The number of aromatic nitrogens is 2. The smallest absolute Gasteiger partial charge is 0.126 e. The van der Waals surface area contributed by atoms with Crippen LogP contribution in [0.1, 0.15) is 22.5 Å². The normalized spacial score (nSPS) is 10.3. The van der Waals surface area contributed by atoms with Gasteiger partial charge in [-0.2, -0.15) is 0 Å². The second-order valence-corrected chi connectivity index (χ2v) is 4.87. The topological polar surface area (TPSA) is 78.9 Å². The third-order valence-electron chi connectivity index (χ3n) is 3.13. The lowest BCUT2D eigenvalue weighted by Gasteiger charge is -2.23. The number of amidine groups is 1. The molecule has 5 nitrogen and oxygen atoms in total. The van der Waals surface area contributed by atoms with Crippen molar-refractivity contribution < 1.29 is 0 Å². The third kappa shape index (κ3) is 2.93. The molecule has 0 aromatic carbocycles. The fraction of sp³-hybridized carbons (Fsp3) is 0.267. The molecule has 20 heavy (non-hydrogen) atoms. The maximum Gasteiger partial charge on any atom is 0.126 e. The Morgan fingerprint density at radius 1 is 1.40 bits per heavy atom. The van der Waals surface area contributed by atoms with E-state index < -0.39 is 0 Å². The van der Waals surface area contributed by atoms with E-state index >= 15 is 0 Å². The van der Waals surface area contributed by atoms with Crippen molar-refractivity contribution in [3.63, 3.8) is 0 Å². The summed E-state index contributed by atoms with van der Waals surface area (Å²) in [6, 6.07) is 5.90. The van der Waals surface area contributed by atoms with Crippen molar-refractivity contribution >= 4 is 11.5 Å². The number of hydrogen-bond acceptors (Lipinski definition) is 4. The molecule has 104 valence electrons. The Hall–Kier alpha value is -2.43. The predicted octanol–water partition coefficient (Wildman–Crippen LogP) is 2.01. The van der Waals surface area contributed by atoms with Crippen molar-refractivity contribution in [3.05, 3.63) is 53.1 Å². The van der Waals surface area contributed by atoms with E-state index in [1.807, 2.05) is 45.3 Å². The van der Waals surface area contributed by atoms with Gasteiger partial charge < -0.3 is 10.6 Å². The van der Waals surface area contributed by atoms with E-state index in [4.69, 9.17) is 11.1 Å². The fourth-order valence-electron chi connectivity index (χ4n) is 2.29. The van der Waals surface area contributed by atoms with Gasteiger partial charge in [0.05, 0.1) is 16.9 Å². The number of rotatable bonds is 4. The maximum atomic E-state index is 7.76. The maximum absolute atomic E-state index is 7.76. The molecule has 2 aromatic heterocycles. The van der Waals surface area contributed by atoms with Gasteiger partial charge in [-0.05, 0) is 31.5 Å². The van der Waals surface area contributed by atoms with Crippen molar-refractivity contribution in [2.75, 3.05) is 11.9 Å². The van der Waals surface area contributed by atoms with Crippen LogP contribution in [0.3, 0.4) is 0 Å². The van der Waals surface area contributed by atoms with Crippen LogP contribution in [0.2, 0.25) is 0 Å². The Labute approximate surface area is 119 Å². The molecule has 0 amide bonds. The molecule has 0 aliphatic heterocycles. The van der Waals surface area contributed by atoms with Crippen LogP contribution in [0.25, 0.3) is 0 Å². The SMILES string of the molecule is Cc1cc(N(C)Cc2cccnc2)c(C(=N)N)c(C)n1. The zero-order valence-electron chi connectivity index (χ0n) is 12.0. The van der Waals surface area contributed by atoms with Crippen LogP contribution in [0, 0.1) is 19.3 Å². The number of nitrogens with zero attached hydrogens (tertiary/aromatic N) is 3. The molecule has 0 unspecified atom stereocenters. The highest BCUT2D eigenvalue weighted by Crippen LogP contribution is 2.24. The largest absolute Gasteiger partial charge is 0.384 e. The van der Waals surface area contributed by atoms with E-state index in [1.54, 1.807) is 6.20 Å². The van der Waals surface area contributed by atoms with Crippen molar-refractivity contribution in [1.29, 1.82) is 5.41 Å². The van der Waals surface area contributed by atoms with Crippen LogP contribution in [0.4, 0.5) is 5.69 Å². The molecule has 0 saturated carbocycles. The molecule has 0 aliphatic carbocycles. The lowest BCUT2D eigenvalue weighted by molar-refractivity contribution is 0.905. The zero-order chi connectivity index (χ0) is 14.7. The van der Waals surface area contributed by atoms with Crippen molar-refractivity contribution in [2.45, 2.75) is 20.4 Å². The molecule has 2 rings (SSSR count). The molecule has 5 heteroatoms. The molecule has 0 aliphatic rings. The molecule has 0 saturated heterocycles. The Bertz CT molecular complexity index is 622. The van der Waals surface area contributed by atoms with Gasteiger partial charge >= 0.3 is 0 Å². The minimum absolute atomic E-state index is 0.0445.